The monoisotopic (exact) mass is 294 g/mol. The minimum absolute atomic E-state index is 0.0883. The molecule has 6 heteroatoms. The van der Waals surface area contributed by atoms with Crippen molar-refractivity contribution < 1.29 is 19.1 Å². The number of carbonyl (C=O) groups is 2. The fraction of sp³-hybridized carbons (Fsp3) is 0.600. The summed E-state index contributed by atoms with van der Waals surface area (Å²) in [7, 11) is 0. The van der Waals surface area contributed by atoms with Crippen molar-refractivity contribution in [3.8, 4) is 0 Å². The van der Waals surface area contributed by atoms with E-state index in [2.05, 4.69) is 5.32 Å². The Kier molecular flexibility index (Phi) is 5.38. The average molecular weight is 294 g/mol. The van der Waals surface area contributed by atoms with E-state index in [0.717, 1.165) is 6.42 Å². The van der Waals surface area contributed by atoms with E-state index in [4.69, 9.17) is 4.42 Å². The van der Waals surface area contributed by atoms with Gasteiger partial charge in [-0.2, -0.15) is 0 Å². The number of rotatable bonds is 6. The van der Waals surface area contributed by atoms with E-state index in [1.165, 1.54) is 6.26 Å². The Morgan fingerprint density at radius 2 is 2.38 bits per heavy atom. The highest BCUT2D eigenvalue weighted by Gasteiger charge is 2.28. The molecule has 0 radical (unpaired) electrons. The van der Waals surface area contributed by atoms with Gasteiger partial charge in [-0.15, -0.1) is 0 Å². The number of carbonyl (C=O) groups excluding carboxylic acids is 2. The number of hydrogen-bond acceptors (Lipinski definition) is 4. The first-order valence-electron chi connectivity index (χ1n) is 7.35. The van der Waals surface area contributed by atoms with Crippen LogP contribution in [0, 0.1) is 5.92 Å². The minimum atomic E-state index is -0.365. The fourth-order valence-electron chi connectivity index (χ4n) is 2.50. The SMILES string of the molecule is CC(O)C1CCN(C(=O)CCCNC(=O)c2ccco2)C1. The first-order chi connectivity index (χ1) is 10.1. The van der Waals surface area contributed by atoms with Gasteiger partial charge >= 0.3 is 0 Å². The quantitative estimate of drug-likeness (QED) is 0.767. The molecule has 0 spiro atoms. The lowest BCUT2D eigenvalue weighted by Crippen LogP contribution is -2.31. The van der Waals surface area contributed by atoms with Crippen molar-refractivity contribution in [1.29, 1.82) is 0 Å². The molecule has 2 rings (SSSR count). The van der Waals surface area contributed by atoms with E-state index in [0.29, 0.717) is 32.5 Å². The highest BCUT2D eigenvalue weighted by Crippen LogP contribution is 2.20. The molecular weight excluding hydrogens is 272 g/mol. The van der Waals surface area contributed by atoms with Crippen molar-refractivity contribution in [2.45, 2.75) is 32.3 Å². The van der Waals surface area contributed by atoms with Crippen molar-refractivity contribution in [1.82, 2.24) is 10.2 Å². The van der Waals surface area contributed by atoms with Crippen molar-refractivity contribution in [3.63, 3.8) is 0 Å². The van der Waals surface area contributed by atoms with Crippen LogP contribution < -0.4 is 5.32 Å². The van der Waals surface area contributed by atoms with Gasteiger partial charge in [0.2, 0.25) is 5.91 Å². The number of nitrogens with zero attached hydrogens (tertiary/aromatic N) is 1. The van der Waals surface area contributed by atoms with E-state index >= 15 is 0 Å². The third-order valence-electron chi connectivity index (χ3n) is 3.86. The summed E-state index contributed by atoms with van der Waals surface area (Å²) in [5, 5.41) is 12.2. The maximum atomic E-state index is 12.0. The Morgan fingerprint density at radius 3 is 3.00 bits per heavy atom. The zero-order valence-corrected chi connectivity index (χ0v) is 12.2. The van der Waals surface area contributed by atoms with Crippen LogP contribution in [-0.4, -0.2) is 47.6 Å². The lowest BCUT2D eigenvalue weighted by molar-refractivity contribution is -0.130. The molecule has 2 heterocycles. The lowest BCUT2D eigenvalue weighted by Gasteiger charge is -2.17. The van der Waals surface area contributed by atoms with Crippen molar-refractivity contribution in [3.05, 3.63) is 24.2 Å². The predicted molar refractivity (Wildman–Crippen MR) is 76.6 cm³/mol. The summed E-state index contributed by atoms with van der Waals surface area (Å²) in [5.74, 6) is 0.293. The number of amides is 2. The van der Waals surface area contributed by atoms with Gasteiger partial charge in [-0.3, -0.25) is 9.59 Å². The maximum absolute atomic E-state index is 12.0. The average Bonchev–Trinajstić information content (AvgIpc) is 3.13. The summed E-state index contributed by atoms with van der Waals surface area (Å²) in [5.41, 5.74) is 0. The highest BCUT2D eigenvalue weighted by atomic mass is 16.3. The van der Waals surface area contributed by atoms with Gasteiger partial charge in [0.05, 0.1) is 12.4 Å². The zero-order valence-electron chi connectivity index (χ0n) is 12.2. The standard InChI is InChI=1S/C15H22N2O4/c1-11(18)12-6-8-17(10-12)14(19)5-2-7-16-15(20)13-4-3-9-21-13/h3-4,9,11-12,18H,2,5-8,10H2,1H3,(H,16,20). The van der Waals surface area contributed by atoms with Gasteiger partial charge in [0.15, 0.2) is 5.76 Å². The van der Waals surface area contributed by atoms with E-state index in [-0.39, 0.29) is 29.6 Å². The Hall–Kier alpha value is -1.82. The molecule has 6 nitrogen and oxygen atoms in total. The van der Waals surface area contributed by atoms with Gasteiger partial charge in [-0.1, -0.05) is 0 Å². The van der Waals surface area contributed by atoms with Crippen molar-refractivity contribution in [2.24, 2.45) is 5.92 Å². The topological polar surface area (TPSA) is 82.8 Å². The first-order valence-corrected chi connectivity index (χ1v) is 7.35. The molecule has 2 atom stereocenters. The van der Waals surface area contributed by atoms with E-state index in [1.54, 1.807) is 24.0 Å². The summed E-state index contributed by atoms with van der Waals surface area (Å²) in [6.07, 6.45) is 2.95. The Labute approximate surface area is 124 Å². The normalized spacial score (nSPS) is 19.5. The van der Waals surface area contributed by atoms with Gasteiger partial charge < -0.3 is 19.7 Å². The lowest BCUT2D eigenvalue weighted by atomic mass is 10.0. The van der Waals surface area contributed by atoms with Gasteiger partial charge in [0.1, 0.15) is 0 Å². The van der Waals surface area contributed by atoms with Crippen LogP contribution in [0.5, 0.6) is 0 Å². The second-order valence-electron chi connectivity index (χ2n) is 5.47. The summed E-state index contributed by atoms with van der Waals surface area (Å²) in [6, 6.07) is 3.26. The van der Waals surface area contributed by atoms with Crippen LogP contribution in [0.2, 0.25) is 0 Å². The minimum Gasteiger partial charge on any atom is -0.459 e. The zero-order chi connectivity index (χ0) is 15.2. The summed E-state index contributed by atoms with van der Waals surface area (Å²) in [6.45, 7) is 3.56. The molecule has 1 aliphatic rings. The number of aliphatic hydroxyl groups is 1. The predicted octanol–water partition coefficient (Wildman–Crippen LogP) is 1.02. The fourth-order valence-corrected chi connectivity index (χ4v) is 2.50. The van der Waals surface area contributed by atoms with E-state index in [9.17, 15) is 14.7 Å². The molecule has 1 saturated heterocycles. The van der Waals surface area contributed by atoms with Gasteiger partial charge in [-0.05, 0) is 31.9 Å². The molecule has 2 amide bonds. The van der Waals surface area contributed by atoms with E-state index < -0.39 is 0 Å². The number of likely N-dealkylation sites (tertiary alicyclic amines) is 1. The first kappa shape index (κ1) is 15.6. The van der Waals surface area contributed by atoms with Gasteiger partial charge in [0.25, 0.3) is 5.91 Å². The molecule has 0 saturated carbocycles. The molecule has 1 aromatic rings. The van der Waals surface area contributed by atoms with Crippen LogP contribution in [-0.2, 0) is 4.79 Å². The van der Waals surface area contributed by atoms with E-state index in [1.807, 2.05) is 0 Å². The van der Waals surface area contributed by atoms with Crippen molar-refractivity contribution in [2.75, 3.05) is 19.6 Å². The highest BCUT2D eigenvalue weighted by molar-refractivity contribution is 5.91. The Balaban J connectivity index is 1.63. The molecular formula is C15H22N2O4. The van der Waals surface area contributed by atoms with Crippen LogP contribution in [0.25, 0.3) is 0 Å². The van der Waals surface area contributed by atoms with Gasteiger partial charge in [0, 0.05) is 32.0 Å². The molecule has 2 N–H and O–H groups in total. The third-order valence-corrected chi connectivity index (χ3v) is 3.86. The molecule has 0 aromatic carbocycles. The number of furan rings is 1. The van der Waals surface area contributed by atoms with Crippen LogP contribution in [0.1, 0.15) is 36.7 Å². The van der Waals surface area contributed by atoms with Crippen LogP contribution in [0.4, 0.5) is 0 Å². The second-order valence-corrected chi connectivity index (χ2v) is 5.47. The Bertz CT molecular complexity index is 470. The second kappa shape index (κ2) is 7.26. The third kappa shape index (κ3) is 4.32. The number of nitrogens with one attached hydrogen (secondary N) is 1. The maximum Gasteiger partial charge on any atom is 0.286 e. The van der Waals surface area contributed by atoms with Crippen LogP contribution in [0.3, 0.4) is 0 Å². The van der Waals surface area contributed by atoms with Crippen LogP contribution in [0.15, 0.2) is 22.8 Å². The molecule has 0 aliphatic carbocycles. The molecule has 1 aliphatic heterocycles. The smallest absolute Gasteiger partial charge is 0.286 e. The summed E-state index contributed by atoms with van der Waals surface area (Å²) >= 11 is 0. The summed E-state index contributed by atoms with van der Waals surface area (Å²) in [4.78, 5) is 25.4. The molecule has 116 valence electrons. The van der Waals surface area contributed by atoms with Crippen LogP contribution >= 0.6 is 0 Å². The van der Waals surface area contributed by atoms with Gasteiger partial charge in [-0.25, -0.2) is 0 Å². The Morgan fingerprint density at radius 1 is 1.57 bits per heavy atom. The molecule has 1 fully saturated rings. The number of aliphatic hydroxyl groups excluding tert-OH is 1. The molecule has 0 bridgehead atoms. The molecule has 21 heavy (non-hydrogen) atoms. The largest absolute Gasteiger partial charge is 0.459 e. The summed E-state index contributed by atoms with van der Waals surface area (Å²) < 4.78 is 4.98. The molecule has 2 unspecified atom stereocenters. The van der Waals surface area contributed by atoms with Crippen molar-refractivity contribution >= 4 is 11.8 Å². The molecule has 1 aromatic heterocycles. The number of hydrogen-bond donors (Lipinski definition) is 2.